The van der Waals surface area contributed by atoms with Gasteiger partial charge in [0, 0.05) is 6.20 Å². The number of nitrogens with zero attached hydrogens (tertiary/aromatic N) is 1. The van der Waals surface area contributed by atoms with Gasteiger partial charge in [-0.25, -0.2) is 0 Å². The molecule has 0 atom stereocenters. The summed E-state index contributed by atoms with van der Waals surface area (Å²) in [6.07, 6.45) is 7.20. The SMILES string of the molecule is Cc1cnc2c(c1)CC=C2. The molecule has 0 spiro atoms. The number of pyridine rings is 1. The van der Waals surface area contributed by atoms with Crippen molar-refractivity contribution in [1.82, 2.24) is 4.98 Å². The molecule has 1 nitrogen and oxygen atoms in total. The average molecular weight is 131 g/mol. The van der Waals surface area contributed by atoms with E-state index in [1.807, 2.05) is 6.20 Å². The molecule has 0 saturated carbocycles. The van der Waals surface area contributed by atoms with E-state index < -0.39 is 0 Å². The van der Waals surface area contributed by atoms with Crippen molar-refractivity contribution in [3.63, 3.8) is 0 Å². The molecule has 0 bridgehead atoms. The van der Waals surface area contributed by atoms with Gasteiger partial charge in [-0.15, -0.1) is 0 Å². The van der Waals surface area contributed by atoms with E-state index in [-0.39, 0.29) is 0 Å². The Morgan fingerprint density at radius 1 is 1.50 bits per heavy atom. The largest absolute Gasteiger partial charge is 0.256 e. The van der Waals surface area contributed by atoms with E-state index >= 15 is 0 Å². The third-order valence-corrected chi connectivity index (χ3v) is 1.75. The zero-order valence-electron chi connectivity index (χ0n) is 5.96. The average Bonchev–Trinajstić information content (AvgIpc) is 2.33. The van der Waals surface area contributed by atoms with Crippen LogP contribution in [0.25, 0.3) is 6.08 Å². The van der Waals surface area contributed by atoms with Crippen molar-refractivity contribution < 1.29 is 0 Å². The van der Waals surface area contributed by atoms with Gasteiger partial charge < -0.3 is 0 Å². The number of allylic oxidation sites excluding steroid dienone is 1. The Hall–Kier alpha value is -1.11. The van der Waals surface area contributed by atoms with Crippen LogP contribution >= 0.6 is 0 Å². The molecule has 0 radical (unpaired) electrons. The van der Waals surface area contributed by atoms with E-state index in [2.05, 4.69) is 30.1 Å². The highest BCUT2D eigenvalue weighted by Gasteiger charge is 2.04. The van der Waals surface area contributed by atoms with Crippen LogP contribution in [0.4, 0.5) is 0 Å². The van der Waals surface area contributed by atoms with Crippen molar-refractivity contribution in [3.8, 4) is 0 Å². The smallest absolute Gasteiger partial charge is 0.0661 e. The highest BCUT2D eigenvalue weighted by Crippen LogP contribution is 2.16. The Labute approximate surface area is 60.4 Å². The van der Waals surface area contributed by atoms with Gasteiger partial charge in [-0.05, 0) is 30.5 Å². The summed E-state index contributed by atoms with van der Waals surface area (Å²) < 4.78 is 0. The molecule has 0 saturated heterocycles. The molecule has 1 aromatic rings. The normalized spacial score (nSPS) is 13.7. The Bertz CT molecular complexity index is 287. The van der Waals surface area contributed by atoms with E-state index in [4.69, 9.17) is 0 Å². The molecule has 1 heteroatoms. The number of hydrogen-bond donors (Lipinski definition) is 0. The van der Waals surface area contributed by atoms with Crippen LogP contribution in [0.3, 0.4) is 0 Å². The van der Waals surface area contributed by atoms with Gasteiger partial charge in [0.2, 0.25) is 0 Å². The summed E-state index contributed by atoms with van der Waals surface area (Å²) in [5, 5.41) is 0. The molecule has 0 aromatic carbocycles. The zero-order valence-corrected chi connectivity index (χ0v) is 5.96. The van der Waals surface area contributed by atoms with Crippen molar-refractivity contribution in [1.29, 1.82) is 0 Å². The summed E-state index contributed by atoms with van der Waals surface area (Å²) in [4.78, 5) is 4.27. The van der Waals surface area contributed by atoms with Gasteiger partial charge in [-0.3, -0.25) is 4.98 Å². The van der Waals surface area contributed by atoms with Crippen LogP contribution in [0.15, 0.2) is 18.3 Å². The standard InChI is InChI=1S/C9H9N/c1-7-5-8-3-2-4-9(8)10-6-7/h2,4-6H,3H2,1H3. The first-order valence-electron chi connectivity index (χ1n) is 3.48. The van der Waals surface area contributed by atoms with Gasteiger partial charge in [-0.2, -0.15) is 0 Å². The highest BCUT2D eigenvalue weighted by atomic mass is 14.7. The van der Waals surface area contributed by atoms with E-state index in [9.17, 15) is 0 Å². The lowest BCUT2D eigenvalue weighted by Gasteiger charge is -1.97. The van der Waals surface area contributed by atoms with Gasteiger partial charge in [0.25, 0.3) is 0 Å². The zero-order chi connectivity index (χ0) is 6.97. The van der Waals surface area contributed by atoms with Crippen LogP contribution in [0.2, 0.25) is 0 Å². The number of aryl methyl sites for hydroxylation is 1. The first-order chi connectivity index (χ1) is 4.86. The third-order valence-electron chi connectivity index (χ3n) is 1.75. The van der Waals surface area contributed by atoms with Crippen LogP contribution < -0.4 is 0 Å². The van der Waals surface area contributed by atoms with Crippen molar-refractivity contribution in [3.05, 3.63) is 35.2 Å². The van der Waals surface area contributed by atoms with E-state index in [0.717, 1.165) is 12.1 Å². The third kappa shape index (κ3) is 0.747. The Morgan fingerprint density at radius 2 is 2.40 bits per heavy atom. The topological polar surface area (TPSA) is 12.9 Å². The summed E-state index contributed by atoms with van der Waals surface area (Å²) in [6.45, 7) is 2.08. The molecule has 1 aromatic heterocycles. The molecular weight excluding hydrogens is 122 g/mol. The lowest BCUT2D eigenvalue weighted by Crippen LogP contribution is -1.86. The second-order valence-corrected chi connectivity index (χ2v) is 2.66. The molecule has 0 unspecified atom stereocenters. The minimum absolute atomic E-state index is 1.06. The van der Waals surface area contributed by atoms with Crippen LogP contribution in [-0.2, 0) is 6.42 Å². The predicted molar refractivity (Wildman–Crippen MR) is 41.7 cm³/mol. The molecule has 0 aliphatic heterocycles. The molecule has 1 aliphatic carbocycles. The second-order valence-electron chi connectivity index (χ2n) is 2.66. The Balaban J connectivity index is 2.59. The lowest BCUT2D eigenvalue weighted by atomic mass is 10.2. The fourth-order valence-corrected chi connectivity index (χ4v) is 1.25. The molecule has 0 N–H and O–H groups in total. The van der Waals surface area contributed by atoms with Crippen LogP contribution in [0, 0.1) is 6.92 Å². The first kappa shape index (κ1) is 5.66. The van der Waals surface area contributed by atoms with E-state index in [0.29, 0.717) is 0 Å². The summed E-state index contributed by atoms with van der Waals surface area (Å²) in [5.74, 6) is 0. The fraction of sp³-hybridized carbons (Fsp3) is 0.222. The molecule has 0 fully saturated rings. The van der Waals surface area contributed by atoms with Crippen LogP contribution in [0.5, 0.6) is 0 Å². The predicted octanol–water partition coefficient (Wildman–Crippen LogP) is 1.96. The van der Waals surface area contributed by atoms with E-state index in [1.165, 1.54) is 11.1 Å². The van der Waals surface area contributed by atoms with Gasteiger partial charge >= 0.3 is 0 Å². The maximum absolute atomic E-state index is 4.27. The molecular formula is C9H9N. The summed E-state index contributed by atoms with van der Waals surface area (Å²) in [7, 11) is 0. The van der Waals surface area contributed by atoms with Crippen molar-refractivity contribution in [2.45, 2.75) is 13.3 Å². The van der Waals surface area contributed by atoms with Gasteiger partial charge in [0.15, 0.2) is 0 Å². The number of hydrogen-bond acceptors (Lipinski definition) is 1. The van der Waals surface area contributed by atoms with Crippen LogP contribution in [0.1, 0.15) is 16.8 Å². The lowest BCUT2D eigenvalue weighted by molar-refractivity contribution is 1.17. The second kappa shape index (κ2) is 1.94. The van der Waals surface area contributed by atoms with Crippen molar-refractivity contribution in [2.75, 3.05) is 0 Å². The van der Waals surface area contributed by atoms with Gasteiger partial charge in [-0.1, -0.05) is 12.1 Å². The molecule has 10 heavy (non-hydrogen) atoms. The minimum atomic E-state index is 1.06. The van der Waals surface area contributed by atoms with Gasteiger partial charge in [0.05, 0.1) is 5.69 Å². The number of aromatic nitrogens is 1. The van der Waals surface area contributed by atoms with Crippen molar-refractivity contribution in [2.24, 2.45) is 0 Å². The first-order valence-corrected chi connectivity index (χ1v) is 3.48. The number of fused-ring (bicyclic) bond motifs is 1. The van der Waals surface area contributed by atoms with Crippen LogP contribution in [-0.4, -0.2) is 4.98 Å². The quantitative estimate of drug-likeness (QED) is 0.524. The minimum Gasteiger partial charge on any atom is -0.256 e. The van der Waals surface area contributed by atoms with Gasteiger partial charge in [0.1, 0.15) is 0 Å². The molecule has 1 aliphatic rings. The number of rotatable bonds is 0. The summed E-state index contributed by atoms with van der Waals surface area (Å²) in [5.41, 5.74) is 3.76. The van der Waals surface area contributed by atoms with E-state index in [1.54, 1.807) is 0 Å². The molecule has 1 heterocycles. The Morgan fingerprint density at radius 3 is 3.30 bits per heavy atom. The molecule has 2 rings (SSSR count). The summed E-state index contributed by atoms with van der Waals surface area (Å²) in [6, 6.07) is 2.20. The monoisotopic (exact) mass is 131 g/mol. The highest BCUT2D eigenvalue weighted by molar-refractivity contribution is 5.56. The maximum Gasteiger partial charge on any atom is 0.0661 e. The summed E-state index contributed by atoms with van der Waals surface area (Å²) >= 11 is 0. The molecule has 0 amide bonds. The maximum atomic E-state index is 4.27. The fourth-order valence-electron chi connectivity index (χ4n) is 1.25. The van der Waals surface area contributed by atoms with Crippen molar-refractivity contribution >= 4 is 6.08 Å². The molecule has 50 valence electrons. The Kier molecular flexibility index (Phi) is 1.10.